The lowest BCUT2D eigenvalue weighted by Gasteiger charge is -2.20. The van der Waals surface area contributed by atoms with E-state index in [4.69, 9.17) is 21.7 Å². The molecule has 1 aromatic carbocycles. The normalized spacial score (nSPS) is 15.0. The minimum Gasteiger partial charge on any atom is -0.508 e. The van der Waals surface area contributed by atoms with Crippen LogP contribution >= 0.6 is 21.6 Å². The van der Waals surface area contributed by atoms with E-state index >= 15 is 0 Å². The Morgan fingerprint density at radius 1 is 1.14 bits per heavy atom. The van der Waals surface area contributed by atoms with Crippen LogP contribution in [0.1, 0.15) is 5.56 Å². The number of phenolic OH excluding ortho intramolecular Hbond substituents is 1. The largest absolute Gasteiger partial charge is 0.508 e. The molecular weight excluding hydrogens is 328 g/mol. The molecule has 22 heavy (non-hydrogen) atoms. The van der Waals surface area contributed by atoms with Crippen LogP contribution in [-0.2, 0) is 16.0 Å². The van der Waals surface area contributed by atoms with Gasteiger partial charge in [0.1, 0.15) is 17.8 Å². The van der Waals surface area contributed by atoms with E-state index in [1.54, 1.807) is 18.2 Å². The van der Waals surface area contributed by atoms with E-state index in [-0.39, 0.29) is 17.9 Å². The van der Waals surface area contributed by atoms with Crippen molar-refractivity contribution < 1.29 is 24.9 Å². The van der Waals surface area contributed by atoms with Crippen LogP contribution in [0.5, 0.6) is 5.75 Å². The van der Waals surface area contributed by atoms with Crippen molar-refractivity contribution in [1.29, 1.82) is 0 Å². The van der Waals surface area contributed by atoms with Crippen molar-refractivity contribution in [2.45, 2.75) is 23.8 Å². The second-order valence-corrected chi connectivity index (χ2v) is 7.21. The molecule has 0 bridgehead atoms. The van der Waals surface area contributed by atoms with Crippen molar-refractivity contribution in [2.75, 3.05) is 5.75 Å². The first-order valence-corrected chi connectivity index (χ1v) is 8.73. The van der Waals surface area contributed by atoms with Gasteiger partial charge in [-0.1, -0.05) is 39.8 Å². The van der Waals surface area contributed by atoms with Crippen LogP contribution in [0.2, 0.25) is 0 Å². The fraction of sp³-hybridized carbons (Fsp3) is 0.385. The first-order chi connectivity index (χ1) is 10.3. The first kappa shape index (κ1) is 18.6. The van der Waals surface area contributed by atoms with Gasteiger partial charge in [-0.25, -0.2) is 0 Å². The summed E-state index contributed by atoms with van der Waals surface area (Å²) in [4.78, 5) is 21.7. The van der Waals surface area contributed by atoms with E-state index in [9.17, 15) is 14.7 Å². The Morgan fingerprint density at radius 2 is 1.77 bits per heavy atom. The lowest BCUT2D eigenvalue weighted by molar-refractivity contribution is -0.139. The average molecular weight is 346 g/mol. The van der Waals surface area contributed by atoms with Gasteiger partial charge < -0.3 is 26.8 Å². The predicted octanol–water partition coefficient (Wildman–Crippen LogP) is 0.508. The number of benzene rings is 1. The molecule has 0 aliphatic carbocycles. The van der Waals surface area contributed by atoms with Crippen molar-refractivity contribution in [1.82, 2.24) is 0 Å². The van der Waals surface area contributed by atoms with E-state index < -0.39 is 29.3 Å². The number of hydrogen-bond acceptors (Lipinski definition) is 7. The Balaban J connectivity index is 2.70. The molecule has 7 N–H and O–H groups in total. The summed E-state index contributed by atoms with van der Waals surface area (Å²) in [6, 6.07) is 4.43. The lowest BCUT2D eigenvalue weighted by Crippen LogP contribution is -2.41. The lowest BCUT2D eigenvalue weighted by atomic mass is 10.0. The van der Waals surface area contributed by atoms with E-state index in [0.717, 1.165) is 21.6 Å². The summed E-state index contributed by atoms with van der Waals surface area (Å²) in [6.07, 6.45) is 0.250. The Hall–Kier alpha value is -1.42. The smallest absolute Gasteiger partial charge is 0.321 e. The molecule has 0 aromatic heterocycles. The number of carboxylic acid groups (broad SMARTS) is 2. The van der Waals surface area contributed by atoms with Crippen molar-refractivity contribution in [3.8, 4) is 5.75 Å². The fourth-order valence-electron chi connectivity index (χ4n) is 1.55. The molecule has 0 aliphatic rings. The summed E-state index contributed by atoms with van der Waals surface area (Å²) < 4.78 is 0. The molecule has 0 fully saturated rings. The van der Waals surface area contributed by atoms with Crippen LogP contribution < -0.4 is 11.5 Å². The van der Waals surface area contributed by atoms with E-state index in [0.29, 0.717) is 5.56 Å². The molecule has 0 saturated carbocycles. The number of hydrogen-bond donors (Lipinski definition) is 5. The van der Waals surface area contributed by atoms with Crippen LogP contribution in [-0.4, -0.2) is 50.3 Å². The van der Waals surface area contributed by atoms with Crippen molar-refractivity contribution >= 4 is 33.5 Å². The minimum absolute atomic E-state index is 0.0675. The molecule has 9 heteroatoms. The van der Waals surface area contributed by atoms with Crippen LogP contribution in [0, 0.1) is 0 Å². The van der Waals surface area contributed by atoms with Gasteiger partial charge in [-0.05, 0) is 18.1 Å². The summed E-state index contributed by atoms with van der Waals surface area (Å²) in [5.74, 6) is -2.08. The topological polar surface area (TPSA) is 147 Å². The highest BCUT2D eigenvalue weighted by molar-refractivity contribution is 8.77. The van der Waals surface area contributed by atoms with Gasteiger partial charge in [-0.3, -0.25) is 9.59 Å². The Kier molecular flexibility index (Phi) is 7.52. The Bertz CT molecular complexity index is 529. The van der Waals surface area contributed by atoms with Gasteiger partial charge in [-0.2, -0.15) is 0 Å². The van der Waals surface area contributed by atoms with Gasteiger partial charge in [0.25, 0.3) is 0 Å². The second kappa shape index (κ2) is 8.89. The molecule has 0 radical (unpaired) electrons. The Labute approximate surface area is 135 Å². The minimum atomic E-state index is -1.16. The molecule has 122 valence electrons. The maximum atomic E-state index is 11.1. The second-order valence-electron chi connectivity index (χ2n) is 4.56. The summed E-state index contributed by atoms with van der Waals surface area (Å²) in [7, 11) is 2.32. The van der Waals surface area contributed by atoms with Gasteiger partial charge >= 0.3 is 11.9 Å². The number of para-hydroxylation sites is 1. The zero-order valence-electron chi connectivity index (χ0n) is 11.6. The number of carbonyl (C=O) groups is 2. The maximum Gasteiger partial charge on any atom is 0.321 e. The zero-order valence-corrected chi connectivity index (χ0v) is 13.2. The summed E-state index contributed by atoms with van der Waals surface area (Å²) in [5.41, 5.74) is 11.6. The number of carboxylic acids is 2. The zero-order chi connectivity index (χ0) is 16.7. The summed E-state index contributed by atoms with van der Waals surface area (Å²) in [6.45, 7) is 0. The molecule has 1 rings (SSSR count). The van der Waals surface area contributed by atoms with Crippen LogP contribution in [0.4, 0.5) is 0 Å². The molecule has 3 atom stereocenters. The molecule has 0 saturated heterocycles. The molecule has 0 amide bonds. The molecule has 1 aromatic rings. The number of rotatable bonds is 9. The highest BCUT2D eigenvalue weighted by atomic mass is 33.1. The van der Waals surface area contributed by atoms with Crippen molar-refractivity contribution in [2.24, 2.45) is 11.5 Å². The summed E-state index contributed by atoms with van der Waals surface area (Å²) >= 11 is 0. The predicted molar refractivity (Wildman–Crippen MR) is 86.9 cm³/mol. The quantitative estimate of drug-likeness (QED) is 0.403. The third kappa shape index (κ3) is 5.76. The van der Waals surface area contributed by atoms with E-state index in [2.05, 4.69) is 0 Å². The molecule has 0 spiro atoms. The highest BCUT2D eigenvalue weighted by Gasteiger charge is 2.27. The highest BCUT2D eigenvalue weighted by Crippen LogP contribution is 2.32. The average Bonchev–Trinajstić information content (AvgIpc) is 2.47. The number of aromatic hydroxyl groups is 1. The molecule has 7 nitrogen and oxygen atoms in total. The third-order valence-corrected chi connectivity index (χ3v) is 5.75. The van der Waals surface area contributed by atoms with Crippen molar-refractivity contribution in [3.63, 3.8) is 0 Å². The molecule has 1 unspecified atom stereocenters. The Morgan fingerprint density at radius 3 is 2.32 bits per heavy atom. The number of nitrogens with two attached hydrogens (primary N) is 2. The van der Waals surface area contributed by atoms with Gasteiger partial charge in [0.2, 0.25) is 0 Å². The van der Waals surface area contributed by atoms with Crippen LogP contribution in [0.15, 0.2) is 24.3 Å². The van der Waals surface area contributed by atoms with Gasteiger partial charge in [0, 0.05) is 11.0 Å². The molecule has 0 heterocycles. The molecule has 0 aliphatic heterocycles. The van der Waals surface area contributed by atoms with Crippen molar-refractivity contribution in [3.05, 3.63) is 29.8 Å². The monoisotopic (exact) mass is 346 g/mol. The van der Waals surface area contributed by atoms with Gasteiger partial charge in [-0.15, -0.1) is 0 Å². The fourth-order valence-corrected chi connectivity index (χ4v) is 4.34. The third-order valence-electron chi connectivity index (χ3n) is 2.85. The van der Waals surface area contributed by atoms with Gasteiger partial charge in [0.15, 0.2) is 0 Å². The van der Waals surface area contributed by atoms with Crippen LogP contribution in [0.25, 0.3) is 0 Å². The standard InChI is InChI=1S/C13H18N2O5S2/c14-8(12(17)18)6-21-22-10(11(15)13(19)20)5-7-3-1-2-4-9(7)16/h1-4,8,10-11,16H,5-6,14-15H2,(H,17,18)(H,19,20)/t8-,10?,11-/m0/s1. The van der Waals surface area contributed by atoms with Gasteiger partial charge in [0.05, 0.1) is 0 Å². The number of aliphatic carboxylic acids is 2. The molecular formula is C13H18N2O5S2. The summed E-state index contributed by atoms with van der Waals surface area (Å²) in [5, 5.41) is 27.0. The maximum absolute atomic E-state index is 11.1. The SMILES string of the molecule is N[C@H](C(=O)O)C(Cc1ccccc1O)SSC[C@H](N)C(=O)O. The number of phenols is 1. The first-order valence-electron chi connectivity index (χ1n) is 6.34. The van der Waals surface area contributed by atoms with E-state index in [1.165, 1.54) is 6.07 Å². The van der Waals surface area contributed by atoms with Crippen LogP contribution in [0.3, 0.4) is 0 Å². The van der Waals surface area contributed by atoms with E-state index in [1.807, 2.05) is 0 Å².